The van der Waals surface area contributed by atoms with Gasteiger partial charge in [0.25, 0.3) is 0 Å². The molecule has 112 valence electrons. The molecule has 1 aromatic carbocycles. The van der Waals surface area contributed by atoms with Crippen LogP contribution < -0.4 is 5.32 Å². The van der Waals surface area contributed by atoms with Gasteiger partial charge in [0.05, 0.1) is 12.7 Å². The quantitative estimate of drug-likeness (QED) is 0.379. The van der Waals surface area contributed by atoms with Gasteiger partial charge in [-0.1, -0.05) is 6.07 Å². The first-order valence-electron chi connectivity index (χ1n) is 5.57. The first-order chi connectivity index (χ1) is 9.75. The molecule has 0 aromatic heterocycles. The third-order valence-electron chi connectivity index (χ3n) is 2.31. The molecule has 8 heteroatoms. The molecule has 0 radical (unpaired) electrons. The number of nitrogens with one attached hydrogen (secondary N) is 2. The summed E-state index contributed by atoms with van der Waals surface area (Å²) in [6, 6.07) is 4.35. The van der Waals surface area contributed by atoms with E-state index >= 15 is 0 Å². The van der Waals surface area contributed by atoms with E-state index in [4.69, 9.17) is 5.41 Å². The first kappa shape index (κ1) is 16.4. The Kier molecular flexibility index (Phi) is 5.23. The van der Waals surface area contributed by atoms with Gasteiger partial charge in [-0.15, -0.1) is 0 Å². The summed E-state index contributed by atoms with van der Waals surface area (Å²) in [6.45, 7) is 0. The van der Waals surface area contributed by atoms with Crippen molar-refractivity contribution in [3.63, 3.8) is 0 Å². The van der Waals surface area contributed by atoms with Crippen LogP contribution in [0, 0.1) is 5.41 Å². The standard InChI is InChI=1S/C13H11F3N2O3/c1-21-12(20)11(17)10(19)5-6-18-9-4-2-3-8(7-9)13(14,15)16/h2-7,17-18H,1H3/b6-5-,17-11?. The van der Waals surface area contributed by atoms with E-state index in [-0.39, 0.29) is 5.69 Å². The number of rotatable bonds is 5. The fourth-order valence-electron chi connectivity index (χ4n) is 1.28. The second kappa shape index (κ2) is 6.69. The van der Waals surface area contributed by atoms with Crippen LogP contribution in [0.5, 0.6) is 0 Å². The van der Waals surface area contributed by atoms with Crippen LogP contribution in [0.25, 0.3) is 0 Å². The molecule has 0 aliphatic rings. The molecule has 0 fully saturated rings. The topological polar surface area (TPSA) is 79.2 Å². The molecule has 0 aliphatic heterocycles. The molecule has 0 unspecified atom stereocenters. The lowest BCUT2D eigenvalue weighted by atomic mass is 10.2. The van der Waals surface area contributed by atoms with Crippen molar-refractivity contribution in [3.05, 3.63) is 42.1 Å². The van der Waals surface area contributed by atoms with Gasteiger partial charge in [0.15, 0.2) is 5.71 Å². The van der Waals surface area contributed by atoms with Crippen LogP contribution in [-0.4, -0.2) is 24.6 Å². The number of carbonyl (C=O) groups is 2. The lowest BCUT2D eigenvalue weighted by Crippen LogP contribution is -2.22. The van der Waals surface area contributed by atoms with Crippen molar-refractivity contribution in [2.24, 2.45) is 0 Å². The molecule has 2 N–H and O–H groups in total. The third kappa shape index (κ3) is 4.75. The predicted molar refractivity (Wildman–Crippen MR) is 69.0 cm³/mol. The van der Waals surface area contributed by atoms with Crippen LogP contribution in [-0.2, 0) is 20.5 Å². The van der Waals surface area contributed by atoms with Gasteiger partial charge in [-0.2, -0.15) is 13.2 Å². The Bertz CT molecular complexity index is 595. The van der Waals surface area contributed by atoms with Crippen molar-refractivity contribution >= 4 is 23.2 Å². The molecule has 0 aliphatic carbocycles. The number of ketones is 1. The van der Waals surface area contributed by atoms with E-state index in [1.807, 2.05) is 0 Å². The monoisotopic (exact) mass is 300 g/mol. The number of allylic oxidation sites excluding steroid dienone is 1. The molecule has 0 bridgehead atoms. The Labute approximate surface area is 117 Å². The van der Waals surface area contributed by atoms with Crippen LogP contribution in [0.15, 0.2) is 36.5 Å². The Morgan fingerprint density at radius 1 is 1.33 bits per heavy atom. The van der Waals surface area contributed by atoms with E-state index < -0.39 is 29.2 Å². The number of esters is 1. The molecule has 0 heterocycles. The summed E-state index contributed by atoms with van der Waals surface area (Å²) < 4.78 is 41.6. The number of hydrogen-bond donors (Lipinski definition) is 2. The SMILES string of the molecule is COC(=O)C(=N)C(=O)/C=C\Nc1cccc(C(F)(F)F)c1. The van der Waals surface area contributed by atoms with Gasteiger partial charge in [-0.25, -0.2) is 4.79 Å². The van der Waals surface area contributed by atoms with Crippen LogP contribution in [0.2, 0.25) is 0 Å². The predicted octanol–water partition coefficient (Wildman–Crippen LogP) is 2.39. The smallest absolute Gasteiger partial charge is 0.416 e. The van der Waals surface area contributed by atoms with Gasteiger partial charge >= 0.3 is 12.1 Å². The van der Waals surface area contributed by atoms with E-state index in [2.05, 4.69) is 10.1 Å². The lowest BCUT2D eigenvalue weighted by molar-refractivity contribution is -0.137. The van der Waals surface area contributed by atoms with Gasteiger partial charge in [0.2, 0.25) is 5.78 Å². The zero-order valence-electron chi connectivity index (χ0n) is 10.8. The van der Waals surface area contributed by atoms with Crippen LogP contribution >= 0.6 is 0 Å². The van der Waals surface area contributed by atoms with Crippen molar-refractivity contribution in [2.45, 2.75) is 6.18 Å². The fourth-order valence-corrected chi connectivity index (χ4v) is 1.28. The van der Waals surface area contributed by atoms with Crippen molar-refractivity contribution in [2.75, 3.05) is 12.4 Å². The number of methoxy groups -OCH3 is 1. The molecule has 0 spiro atoms. The Morgan fingerprint density at radius 3 is 2.57 bits per heavy atom. The van der Waals surface area contributed by atoms with Crippen LogP contribution in [0.4, 0.5) is 18.9 Å². The maximum absolute atomic E-state index is 12.5. The number of halogens is 3. The highest BCUT2D eigenvalue weighted by atomic mass is 19.4. The maximum atomic E-state index is 12.5. The Morgan fingerprint density at radius 2 is 2.00 bits per heavy atom. The summed E-state index contributed by atoms with van der Waals surface area (Å²) in [5.74, 6) is -2.02. The van der Waals surface area contributed by atoms with E-state index in [0.29, 0.717) is 0 Å². The normalized spacial score (nSPS) is 11.2. The summed E-state index contributed by atoms with van der Waals surface area (Å²) in [5.41, 5.74) is -1.60. The lowest BCUT2D eigenvalue weighted by Gasteiger charge is -2.08. The molecular weight excluding hydrogens is 289 g/mol. The second-order valence-corrected chi connectivity index (χ2v) is 3.79. The zero-order chi connectivity index (χ0) is 16.0. The highest BCUT2D eigenvalue weighted by molar-refractivity contribution is 6.65. The van der Waals surface area contributed by atoms with Crippen molar-refractivity contribution in [1.82, 2.24) is 0 Å². The largest absolute Gasteiger partial charge is 0.464 e. The number of anilines is 1. The fraction of sp³-hybridized carbons (Fsp3) is 0.154. The number of carbonyl (C=O) groups excluding carboxylic acids is 2. The number of hydrogen-bond acceptors (Lipinski definition) is 5. The zero-order valence-corrected chi connectivity index (χ0v) is 10.8. The highest BCUT2D eigenvalue weighted by Gasteiger charge is 2.30. The number of ether oxygens (including phenoxy) is 1. The van der Waals surface area contributed by atoms with Gasteiger partial charge in [0.1, 0.15) is 0 Å². The molecule has 5 nitrogen and oxygen atoms in total. The van der Waals surface area contributed by atoms with Crippen LogP contribution in [0.1, 0.15) is 5.56 Å². The summed E-state index contributed by atoms with van der Waals surface area (Å²) in [7, 11) is 1.02. The molecule has 1 rings (SSSR count). The average molecular weight is 300 g/mol. The van der Waals surface area contributed by atoms with Gasteiger partial charge in [-0.3, -0.25) is 10.2 Å². The average Bonchev–Trinajstić information content (AvgIpc) is 2.45. The van der Waals surface area contributed by atoms with E-state index in [9.17, 15) is 22.8 Å². The summed E-state index contributed by atoms with van der Waals surface area (Å²) in [6.07, 6.45) is -2.58. The Hall–Kier alpha value is -2.64. The third-order valence-corrected chi connectivity index (χ3v) is 2.31. The minimum atomic E-state index is -4.47. The van der Waals surface area contributed by atoms with Gasteiger partial charge < -0.3 is 10.1 Å². The molecule has 0 atom stereocenters. The summed E-state index contributed by atoms with van der Waals surface area (Å²) in [4.78, 5) is 22.2. The summed E-state index contributed by atoms with van der Waals surface area (Å²) >= 11 is 0. The number of benzene rings is 1. The Balaban J connectivity index is 2.72. The molecule has 21 heavy (non-hydrogen) atoms. The molecule has 0 amide bonds. The molecule has 0 saturated carbocycles. The van der Waals surface area contributed by atoms with E-state index in [1.54, 1.807) is 0 Å². The highest BCUT2D eigenvalue weighted by Crippen LogP contribution is 2.30. The van der Waals surface area contributed by atoms with Crippen molar-refractivity contribution < 1.29 is 27.5 Å². The minimum Gasteiger partial charge on any atom is -0.464 e. The van der Waals surface area contributed by atoms with Crippen molar-refractivity contribution in [3.8, 4) is 0 Å². The van der Waals surface area contributed by atoms with E-state index in [1.165, 1.54) is 12.1 Å². The van der Waals surface area contributed by atoms with Gasteiger partial charge in [-0.05, 0) is 18.2 Å². The van der Waals surface area contributed by atoms with Crippen molar-refractivity contribution in [1.29, 1.82) is 5.41 Å². The van der Waals surface area contributed by atoms with Crippen LogP contribution in [0.3, 0.4) is 0 Å². The summed E-state index contributed by atoms with van der Waals surface area (Å²) in [5, 5.41) is 9.60. The van der Waals surface area contributed by atoms with Gasteiger partial charge in [0, 0.05) is 18.0 Å². The van der Waals surface area contributed by atoms with E-state index in [0.717, 1.165) is 31.5 Å². The molecular formula is C13H11F3N2O3. The first-order valence-corrected chi connectivity index (χ1v) is 5.57. The maximum Gasteiger partial charge on any atom is 0.416 e. The molecule has 0 saturated heterocycles. The number of alkyl halides is 3. The minimum absolute atomic E-state index is 0.110. The second-order valence-electron chi connectivity index (χ2n) is 3.79. The molecule has 1 aromatic rings.